The average molecular weight is 455 g/mol. The lowest BCUT2D eigenvalue weighted by Gasteiger charge is -2.08. The molecule has 10 heteroatoms. The number of carbonyl (C=O) groups is 1. The Morgan fingerprint density at radius 1 is 1.09 bits per heavy atom. The average Bonchev–Trinajstić information content (AvgIpc) is 3.37. The van der Waals surface area contributed by atoms with Gasteiger partial charge in [-0.25, -0.2) is 13.1 Å². The highest BCUT2D eigenvalue weighted by atomic mass is 32.2. The summed E-state index contributed by atoms with van der Waals surface area (Å²) in [6.45, 7) is 3.41. The predicted molar refractivity (Wildman–Crippen MR) is 118 cm³/mol. The summed E-state index contributed by atoms with van der Waals surface area (Å²) < 4.78 is 43.6. The van der Waals surface area contributed by atoms with Gasteiger partial charge in [0, 0.05) is 13.5 Å². The number of amides is 1. The van der Waals surface area contributed by atoms with Gasteiger partial charge < -0.3 is 19.3 Å². The highest BCUT2D eigenvalue weighted by molar-refractivity contribution is 7.89. The number of aryl methyl sites for hydroxylation is 1. The van der Waals surface area contributed by atoms with Gasteiger partial charge in [0.15, 0.2) is 17.3 Å². The van der Waals surface area contributed by atoms with E-state index in [2.05, 4.69) is 15.2 Å². The molecule has 0 atom stereocenters. The fraction of sp³-hybridized carbons (Fsp3) is 0.182. The molecule has 1 aliphatic heterocycles. The first-order valence-corrected chi connectivity index (χ1v) is 11.2. The number of sulfonamides is 1. The van der Waals surface area contributed by atoms with Gasteiger partial charge in [-0.05, 0) is 48.4 Å². The number of ether oxygens (including phenoxy) is 2. The third kappa shape index (κ3) is 4.82. The first-order valence-electron chi connectivity index (χ1n) is 9.72. The van der Waals surface area contributed by atoms with Gasteiger partial charge in [0.2, 0.25) is 22.7 Å². The number of hydrogen-bond acceptors (Lipinski definition) is 7. The minimum Gasteiger partial charge on any atom is -0.454 e. The van der Waals surface area contributed by atoms with Gasteiger partial charge >= 0.3 is 0 Å². The minimum absolute atomic E-state index is 0.122. The van der Waals surface area contributed by atoms with E-state index in [9.17, 15) is 13.2 Å². The van der Waals surface area contributed by atoms with Crippen LogP contribution in [0.25, 0.3) is 12.2 Å². The first-order chi connectivity index (χ1) is 15.3. The molecule has 0 unspecified atom stereocenters. The van der Waals surface area contributed by atoms with E-state index in [0.717, 1.165) is 11.1 Å². The molecule has 32 heavy (non-hydrogen) atoms. The van der Waals surface area contributed by atoms with E-state index < -0.39 is 10.0 Å². The van der Waals surface area contributed by atoms with E-state index in [1.165, 1.54) is 19.1 Å². The molecular weight excluding hydrogens is 434 g/mol. The number of carbonyl (C=O) groups excluding carboxylic acids is 1. The minimum atomic E-state index is -3.70. The lowest BCUT2D eigenvalue weighted by Crippen LogP contribution is -2.23. The zero-order valence-corrected chi connectivity index (χ0v) is 18.2. The van der Waals surface area contributed by atoms with Crippen molar-refractivity contribution < 1.29 is 27.2 Å². The Morgan fingerprint density at radius 3 is 2.59 bits per heavy atom. The molecule has 0 fully saturated rings. The maximum atomic E-state index is 12.6. The van der Waals surface area contributed by atoms with E-state index in [1.807, 2.05) is 0 Å². The number of rotatable bonds is 7. The van der Waals surface area contributed by atoms with Crippen LogP contribution >= 0.6 is 0 Å². The van der Waals surface area contributed by atoms with Crippen molar-refractivity contribution in [2.45, 2.75) is 25.3 Å². The topological polar surface area (TPSA) is 120 Å². The monoisotopic (exact) mass is 455 g/mol. The Bertz CT molecular complexity index is 1280. The maximum absolute atomic E-state index is 12.6. The summed E-state index contributed by atoms with van der Waals surface area (Å²) in [5.74, 6) is 1.42. The van der Waals surface area contributed by atoms with Gasteiger partial charge in [-0.3, -0.25) is 4.79 Å². The van der Waals surface area contributed by atoms with Gasteiger partial charge in [0.1, 0.15) is 11.4 Å². The molecule has 0 aliphatic carbocycles. The summed E-state index contributed by atoms with van der Waals surface area (Å²) in [5.41, 5.74) is 2.58. The molecule has 0 radical (unpaired) electrons. The number of nitrogens with one attached hydrogen (secondary N) is 2. The molecule has 1 amide bonds. The van der Waals surface area contributed by atoms with E-state index in [4.69, 9.17) is 14.0 Å². The molecule has 166 valence electrons. The second-order valence-electron chi connectivity index (χ2n) is 7.10. The lowest BCUT2D eigenvalue weighted by molar-refractivity contribution is -0.114. The first kappa shape index (κ1) is 21.6. The van der Waals surface area contributed by atoms with Crippen molar-refractivity contribution >= 4 is 33.8 Å². The van der Waals surface area contributed by atoms with Crippen LogP contribution in [0.5, 0.6) is 11.5 Å². The molecular formula is C22H21N3O6S. The summed E-state index contributed by atoms with van der Waals surface area (Å²) >= 11 is 0. The van der Waals surface area contributed by atoms with Crippen molar-refractivity contribution in [3.05, 3.63) is 65.0 Å². The Hall–Kier alpha value is -3.63. The second-order valence-corrected chi connectivity index (χ2v) is 8.87. The SMILES string of the molecule is CC(=O)Nc1c(C)noc1/C=C\c1ccc(S(=O)(=O)NCc2ccc3c(c2)OCO3)cc1. The third-order valence-corrected chi connectivity index (χ3v) is 6.13. The third-order valence-electron chi connectivity index (χ3n) is 4.71. The quantitative estimate of drug-likeness (QED) is 0.561. The number of anilines is 1. The molecule has 3 aromatic rings. The molecule has 9 nitrogen and oxygen atoms in total. The fourth-order valence-electron chi connectivity index (χ4n) is 3.07. The lowest BCUT2D eigenvalue weighted by atomic mass is 10.2. The fourth-order valence-corrected chi connectivity index (χ4v) is 4.09. The normalized spacial score (nSPS) is 12.9. The molecule has 0 bridgehead atoms. The maximum Gasteiger partial charge on any atom is 0.240 e. The molecule has 0 spiro atoms. The highest BCUT2D eigenvalue weighted by Gasteiger charge is 2.17. The smallest absolute Gasteiger partial charge is 0.240 e. The zero-order chi connectivity index (χ0) is 22.7. The largest absolute Gasteiger partial charge is 0.454 e. The van der Waals surface area contributed by atoms with Crippen molar-refractivity contribution in [1.82, 2.24) is 9.88 Å². The summed E-state index contributed by atoms with van der Waals surface area (Å²) in [5, 5.41) is 6.53. The molecule has 2 heterocycles. The van der Waals surface area contributed by atoms with Crippen LogP contribution in [-0.4, -0.2) is 26.3 Å². The van der Waals surface area contributed by atoms with Crippen molar-refractivity contribution in [3.8, 4) is 11.5 Å². The van der Waals surface area contributed by atoms with Crippen molar-refractivity contribution in [3.63, 3.8) is 0 Å². The van der Waals surface area contributed by atoms with Gasteiger partial charge in [0.05, 0.1) is 4.90 Å². The van der Waals surface area contributed by atoms with E-state index in [-0.39, 0.29) is 24.1 Å². The number of nitrogens with zero attached hydrogens (tertiary/aromatic N) is 1. The van der Waals surface area contributed by atoms with Crippen molar-refractivity contribution in [1.29, 1.82) is 0 Å². The molecule has 1 aliphatic rings. The van der Waals surface area contributed by atoms with Crippen LogP contribution in [0, 0.1) is 6.92 Å². The van der Waals surface area contributed by atoms with Gasteiger partial charge in [-0.2, -0.15) is 0 Å². The van der Waals surface area contributed by atoms with Gasteiger partial charge in [-0.1, -0.05) is 29.4 Å². The highest BCUT2D eigenvalue weighted by Crippen LogP contribution is 2.32. The van der Waals surface area contributed by atoms with E-state index in [1.54, 1.807) is 49.4 Å². The Morgan fingerprint density at radius 2 is 1.84 bits per heavy atom. The van der Waals surface area contributed by atoms with Crippen LogP contribution in [0.2, 0.25) is 0 Å². The summed E-state index contributed by atoms with van der Waals surface area (Å²) in [6.07, 6.45) is 3.40. The Kier molecular flexibility index (Phi) is 5.97. The predicted octanol–water partition coefficient (Wildman–Crippen LogP) is 3.32. The van der Waals surface area contributed by atoms with E-state index >= 15 is 0 Å². The Balaban J connectivity index is 1.42. The Labute approximate surface area is 185 Å². The molecule has 2 N–H and O–H groups in total. The summed E-state index contributed by atoms with van der Waals surface area (Å²) in [7, 11) is -3.70. The second kappa shape index (κ2) is 8.85. The number of aromatic nitrogens is 1. The molecule has 1 aromatic heterocycles. The molecule has 2 aromatic carbocycles. The van der Waals surface area contributed by atoms with Gasteiger partial charge in [0.25, 0.3) is 0 Å². The van der Waals surface area contributed by atoms with Gasteiger partial charge in [-0.15, -0.1) is 0 Å². The van der Waals surface area contributed by atoms with Crippen LogP contribution in [0.4, 0.5) is 5.69 Å². The van der Waals surface area contributed by atoms with Crippen LogP contribution in [0.1, 0.15) is 29.5 Å². The number of hydrogen-bond donors (Lipinski definition) is 2. The summed E-state index contributed by atoms with van der Waals surface area (Å²) in [4.78, 5) is 11.5. The number of benzene rings is 2. The zero-order valence-electron chi connectivity index (χ0n) is 17.4. The standard InChI is InChI=1S/C22H21N3O6S/c1-14-22(24-15(2)26)20(31-25-14)10-5-16-3-7-18(8-4-16)32(27,28)23-12-17-6-9-19-21(11-17)30-13-29-19/h3-11,23H,12-13H2,1-2H3,(H,24,26)/b10-5-. The molecule has 0 saturated carbocycles. The van der Waals surface area contributed by atoms with Crippen LogP contribution in [0.3, 0.4) is 0 Å². The summed E-state index contributed by atoms with van der Waals surface area (Å²) in [6, 6.07) is 11.7. The van der Waals surface area contributed by atoms with Crippen LogP contribution in [0.15, 0.2) is 51.9 Å². The molecule has 0 saturated heterocycles. The molecule has 4 rings (SSSR count). The van der Waals surface area contributed by atoms with Crippen LogP contribution < -0.4 is 19.5 Å². The van der Waals surface area contributed by atoms with Crippen molar-refractivity contribution in [2.75, 3.05) is 12.1 Å². The number of fused-ring (bicyclic) bond motifs is 1. The van der Waals surface area contributed by atoms with E-state index in [0.29, 0.717) is 28.6 Å². The van der Waals surface area contributed by atoms with Crippen LogP contribution in [-0.2, 0) is 21.4 Å². The van der Waals surface area contributed by atoms with Crippen molar-refractivity contribution in [2.24, 2.45) is 0 Å².